The minimum absolute atomic E-state index is 0.0169. The van der Waals surface area contributed by atoms with Gasteiger partial charge < -0.3 is 4.74 Å². The van der Waals surface area contributed by atoms with Crippen molar-refractivity contribution in [1.82, 2.24) is 0 Å². The molecule has 0 bridgehead atoms. The smallest absolute Gasteiger partial charge is 0.496 e. The van der Waals surface area contributed by atoms with Crippen LogP contribution in [0.25, 0.3) is 0 Å². The molecule has 0 radical (unpaired) electrons. The highest BCUT2D eigenvalue weighted by Crippen LogP contribution is 2.18. The second kappa shape index (κ2) is 6.00. The first kappa shape index (κ1) is 14.4. The molecule has 0 unspecified atom stereocenters. The first-order valence-corrected chi connectivity index (χ1v) is 6.11. The molecule has 0 spiro atoms. The van der Waals surface area contributed by atoms with E-state index in [9.17, 15) is 14.9 Å². The summed E-state index contributed by atoms with van der Waals surface area (Å²) in [6, 6.07) is 8.82. The van der Waals surface area contributed by atoms with E-state index in [0.717, 1.165) is 0 Å². The summed E-state index contributed by atoms with van der Waals surface area (Å²) in [6.45, 7) is 0. The Bertz CT molecular complexity index is 653. The maximum absolute atomic E-state index is 12.3. The standard InChI is InChI=1S/C14H14N3O4/c1-15(11-3-5-12(6-4-11)17(19)20)14(18)16-9-7-13(21-2)8-10-16/h3-10H,1-2H3/q+1. The van der Waals surface area contributed by atoms with Crippen LogP contribution in [0.4, 0.5) is 16.2 Å². The van der Waals surface area contributed by atoms with Crippen LogP contribution in [-0.2, 0) is 0 Å². The zero-order valence-electron chi connectivity index (χ0n) is 11.6. The Labute approximate surface area is 121 Å². The van der Waals surface area contributed by atoms with Gasteiger partial charge in [0.1, 0.15) is 23.8 Å². The van der Waals surface area contributed by atoms with Crippen molar-refractivity contribution < 1.29 is 19.0 Å². The van der Waals surface area contributed by atoms with Crippen LogP contribution in [0.2, 0.25) is 0 Å². The molecule has 0 saturated heterocycles. The Balaban J connectivity index is 2.19. The van der Waals surface area contributed by atoms with Crippen molar-refractivity contribution in [3.8, 4) is 5.75 Å². The number of non-ortho nitro benzene ring substituents is 1. The average Bonchev–Trinajstić information content (AvgIpc) is 2.53. The molecule has 1 amide bonds. The van der Waals surface area contributed by atoms with Gasteiger partial charge in [0.2, 0.25) is 0 Å². The summed E-state index contributed by atoms with van der Waals surface area (Å²) in [4.78, 5) is 23.8. The molecule has 21 heavy (non-hydrogen) atoms. The Morgan fingerprint density at radius 2 is 1.76 bits per heavy atom. The van der Waals surface area contributed by atoms with Crippen LogP contribution in [0.5, 0.6) is 5.75 Å². The van der Waals surface area contributed by atoms with Gasteiger partial charge in [-0.15, -0.1) is 0 Å². The maximum Gasteiger partial charge on any atom is 0.502 e. The quantitative estimate of drug-likeness (QED) is 0.491. The third kappa shape index (κ3) is 3.14. The van der Waals surface area contributed by atoms with Gasteiger partial charge in [0.25, 0.3) is 5.69 Å². The summed E-state index contributed by atoms with van der Waals surface area (Å²) in [5.74, 6) is 0.650. The van der Waals surface area contributed by atoms with Gasteiger partial charge in [-0.1, -0.05) is 0 Å². The molecule has 0 saturated carbocycles. The maximum atomic E-state index is 12.3. The van der Waals surface area contributed by atoms with Gasteiger partial charge in [-0.3, -0.25) is 10.1 Å². The van der Waals surface area contributed by atoms with E-state index in [1.165, 1.54) is 33.7 Å². The Hall–Kier alpha value is -2.96. The third-order valence-electron chi connectivity index (χ3n) is 2.99. The van der Waals surface area contributed by atoms with Crippen molar-refractivity contribution in [3.63, 3.8) is 0 Å². The molecule has 0 N–H and O–H groups in total. The van der Waals surface area contributed by atoms with Gasteiger partial charge in [0.15, 0.2) is 0 Å². The van der Waals surface area contributed by atoms with Crippen LogP contribution in [0.3, 0.4) is 0 Å². The van der Waals surface area contributed by atoms with E-state index in [-0.39, 0.29) is 11.7 Å². The van der Waals surface area contributed by atoms with E-state index in [1.54, 1.807) is 38.7 Å². The highest BCUT2D eigenvalue weighted by molar-refractivity contribution is 5.85. The monoisotopic (exact) mass is 288 g/mol. The van der Waals surface area contributed by atoms with E-state index in [4.69, 9.17) is 4.74 Å². The molecule has 0 atom stereocenters. The lowest BCUT2D eigenvalue weighted by atomic mass is 10.2. The lowest BCUT2D eigenvalue weighted by Gasteiger charge is -2.09. The third-order valence-corrected chi connectivity index (χ3v) is 2.99. The van der Waals surface area contributed by atoms with Crippen LogP contribution >= 0.6 is 0 Å². The van der Waals surface area contributed by atoms with Crippen molar-refractivity contribution in [2.45, 2.75) is 0 Å². The topological polar surface area (TPSA) is 76.6 Å². The number of carbonyl (C=O) groups is 1. The van der Waals surface area contributed by atoms with E-state index < -0.39 is 4.92 Å². The summed E-state index contributed by atoms with van der Waals surface area (Å²) < 4.78 is 6.42. The van der Waals surface area contributed by atoms with Crippen LogP contribution in [-0.4, -0.2) is 25.1 Å². The Morgan fingerprint density at radius 1 is 1.19 bits per heavy atom. The minimum atomic E-state index is -0.482. The zero-order chi connectivity index (χ0) is 15.4. The Morgan fingerprint density at radius 3 is 2.24 bits per heavy atom. The number of amides is 1. The highest BCUT2D eigenvalue weighted by atomic mass is 16.6. The Kier molecular flexibility index (Phi) is 4.13. The lowest BCUT2D eigenvalue weighted by Crippen LogP contribution is -2.50. The predicted octanol–water partition coefficient (Wildman–Crippen LogP) is 2.00. The molecule has 1 heterocycles. The lowest BCUT2D eigenvalue weighted by molar-refractivity contribution is -0.569. The molecule has 1 aromatic carbocycles. The van der Waals surface area contributed by atoms with Gasteiger partial charge in [-0.2, -0.15) is 14.3 Å². The molecular formula is C14H14N3O4+. The van der Waals surface area contributed by atoms with E-state index in [0.29, 0.717) is 11.4 Å². The summed E-state index contributed by atoms with van der Waals surface area (Å²) in [5, 5.41) is 10.6. The molecule has 0 aliphatic heterocycles. The van der Waals surface area contributed by atoms with Gasteiger partial charge in [-0.05, 0) is 12.1 Å². The number of rotatable bonds is 3. The fourth-order valence-electron chi connectivity index (χ4n) is 1.76. The number of hydrogen-bond acceptors (Lipinski definition) is 4. The van der Waals surface area contributed by atoms with Crippen molar-refractivity contribution in [1.29, 1.82) is 0 Å². The van der Waals surface area contributed by atoms with Crippen LogP contribution in [0.1, 0.15) is 0 Å². The number of methoxy groups -OCH3 is 1. The van der Waals surface area contributed by atoms with Gasteiger partial charge in [0, 0.05) is 24.3 Å². The average molecular weight is 288 g/mol. The fraction of sp³-hybridized carbons (Fsp3) is 0.143. The molecule has 1 aromatic heterocycles. The number of benzene rings is 1. The zero-order valence-corrected chi connectivity index (χ0v) is 11.6. The molecule has 108 valence electrons. The number of nitro benzene ring substituents is 1. The summed E-state index contributed by atoms with van der Waals surface area (Å²) in [7, 11) is 3.14. The molecular weight excluding hydrogens is 274 g/mol. The van der Waals surface area contributed by atoms with E-state index in [2.05, 4.69) is 0 Å². The number of anilines is 1. The number of ether oxygens (including phenoxy) is 1. The summed E-state index contributed by atoms with van der Waals surface area (Å²) in [5.41, 5.74) is 0.547. The fourth-order valence-corrected chi connectivity index (χ4v) is 1.76. The van der Waals surface area contributed by atoms with E-state index in [1.807, 2.05) is 0 Å². The van der Waals surface area contributed by atoms with Crippen LogP contribution in [0.15, 0.2) is 48.8 Å². The number of pyridine rings is 1. The summed E-state index contributed by atoms with van der Waals surface area (Å²) >= 11 is 0. The first-order valence-electron chi connectivity index (χ1n) is 6.11. The summed E-state index contributed by atoms with van der Waals surface area (Å²) in [6.07, 6.45) is 3.17. The molecule has 0 fully saturated rings. The molecule has 2 aromatic rings. The SMILES string of the molecule is COc1cc[n+](C(=O)N(C)c2ccc([N+](=O)[O-])cc2)cc1. The van der Waals surface area contributed by atoms with Crippen LogP contribution in [0, 0.1) is 10.1 Å². The second-order valence-corrected chi connectivity index (χ2v) is 4.26. The number of aromatic nitrogens is 1. The van der Waals surface area contributed by atoms with Gasteiger partial charge in [-0.25, -0.2) is 0 Å². The van der Waals surface area contributed by atoms with Crippen molar-refractivity contribution in [2.24, 2.45) is 0 Å². The van der Waals surface area contributed by atoms with Crippen molar-refractivity contribution >= 4 is 17.4 Å². The molecule has 0 aliphatic rings. The number of hydrogen-bond donors (Lipinski definition) is 0. The minimum Gasteiger partial charge on any atom is -0.496 e. The predicted molar refractivity (Wildman–Crippen MR) is 75.5 cm³/mol. The first-order chi connectivity index (χ1) is 10.0. The highest BCUT2D eigenvalue weighted by Gasteiger charge is 2.22. The van der Waals surface area contributed by atoms with Crippen LogP contribution < -0.4 is 14.2 Å². The molecule has 7 heteroatoms. The van der Waals surface area contributed by atoms with Gasteiger partial charge in [0.05, 0.1) is 19.1 Å². The normalized spacial score (nSPS) is 10.0. The number of nitro groups is 1. The largest absolute Gasteiger partial charge is 0.502 e. The number of nitrogens with zero attached hydrogens (tertiary/aromatic N) is 3. The van der Waals surface area contributed by atoms with Crippen molar-refractivity contribution in [2.75, 3.05) is 19.1 Å². The second-order valence-electron chi connectivity index (χ2n) is 4.26. The van der Waals surface area contributed by atoms with Gasteiger partial charge >= 0.3 is 6.03 Å². The molecule has 7 nitrogen and oxygen atoms in total. The van der Waals surface area contributed by atoms with Crippen molar-refractivity contribution in [3.05, 3.63) is 58.9 Å². The number of carbonyl (C=O) groups excluding carboxylic acids is 1. The molecule has 2 rings (SSSR count). The molecule has 0 aliphatic carbocycles. The van der Waals surface area contributed by atoms with E-state index >= 15 is 0 Å².